The lowest BCUT2D eigenvalue weighted by Crippen LogP contribution is -2.38. The smallest absolute Gasteiger partial charge is 0.255 e. The molecule has 0 radical (unpaired) electrons. The molecule has 0 bridgehead atoms. The van der Waals surface area contributed by atoms with Gasteiger partial charge in [0.05, 0.1) is 0 Å². The SMILES string of the molecule is NC(CNC(=O)c1cccc(NC(=O)c2ccc(F)cc2)c1)C1CC1. The third-order valence-electron chi connectivity index (χ3n) is 4.21. The highest BCUT2D eigenvalue weighted by Gasteiger charge is 2.28. The van der Waals surface area contributed by atoms with E-state index >= 15 is 0 Å². The molecular formula is C19H20FN3O2. The molecule has 1 saturated carbocycles. The van der Waals surface area contributed by atoms with Gasteiger partial charge in [0.2, 0.25) is 0 Å². The fraction of sp³-hybridized carbons (Fsp3) is 0.263. The monoisotopic (exact) mass is 341 g/mol. The van der Waals surface area contributed by atoms with Gasteiger partial charge in [-0.1, -0.05) is 6.07 Å². The number of hydrogen-bond acceptors (Lipinski definition) is 3. The molecule has 1 fully saturated rings. The van der Waals surface area contributed by atoms with Gasteiger partial charge in [0.25, 0.3) is 11.8 Å². The third kappa shape index (κ3) is 4.64. The molecule has 0 spiro atoms. The van der Waals surface area contributed by atoms with Crippen LogP contribution in [0.3, 0.4) is 0 Å². The number of anilines is 1. The Balaban J connectivity index is 1.61. The molecule has 5 nitrogen and oxygen atoms in total. The Morgan fingerprint density at radius 3 is 2.48 bits per heavy atom. The summed E-state index contributed by atoms with van der Waals surface area (Å²) in [5.41, 5.74) is 7.26. The highest BCUT2D eigenvalue weighted by Crippen LogP contribution is 2.31. The van der Waals surface area contributed by atoms with E-state index in [-0.39, 0.29) is 17.9 Å². The maximum atomic E-state index is 12.9. The van der Waals surface area contributed by atoms with E-state index in [9.17, 15) is 14.0 Å². The van der Waals surface area contributed by atoms with Gasteiger partial charge in [0.1, 0.15) is 5.82 Å². The second-order valence-corrected chi connectivity index (χ2v) is 6.25. The summed E-state index contributed by atoms with van der Waals surface area (Å²) >= 11 is 0. The van der Waals surface area contributed by atoms with E-state index in [0.29, 0.717) is 29.3 Å². The molecule has 130 valence electrons. The number of rotatable bonds is 6. The molecule has 2 aromatic rings. The van der Waals surface area contributed by atoms with Crippen LogP contribution in [0.1, 0.15) is 33.6 Å². The molecule has 1 aliphatic rings. The van der Waals surface area contributed by atoms with E-state index in [4.69, 9.17) is 5.73 Å². The number of carbonyl (C=O) groups excluding carboxylic acids is 2. The van der Waals surface area contributed by atoms with Crippen molar-refractivity contribution in [2.24, 2.45) is 11.7 Å². The van der Waals surface area contributed by atoms with Gasteiger partial charge in [-0.15, -0.1) is 0 Å². The van der Waals surface area contributed by atoms with Crippen molar-refractivity contribution in [3.8, 4) is 0 Å². The summed E-state index contributed by atoms with van der Waals surface area (Å²) in [4.78, 5) is 24.4. The molecule has 2 aromatic carbocycles. The van der Waals surface area contributed by atoms with Crippen LogP contribution in [0.15, 0.2) is 48.5 Å². The van der Waals surface area contributed by atoms with Crippen LogP contribution in [0.25, 0.3) is 0 Å². The predicted molar refractivity (Wildman–Crippen MR) is 93.8 cm³/mol. The lowest BCUT2D eigenvalue weighted by molar-refractivity contribution is 0.0949. The maximum Gasteiger partial charge on any atom is 0.255 e. The molecule has 2 amide bonds. The third-order valence-corrected chi connectivity index (χ3v) is 4.21. The normalized spacial score (nSPS) is 14.6. The topological polar surface area (TPSA) is 84.2 Å². The fourth-order valence-electron chi connectivity index (χ4n) is 2.55. The van der Waals surface area contributed by atoms with Crippen molar-refractivity contribution in [1.29, 1.82) is 0 Å². The minimum Gasteiger partial charge on any atom is -0.350 e. The second kappa shape index (κ2) is 7.44. The molecule has 0 aliphatic heterocycles. The van der Waals surface area contributed by atoms with E-state index in [2.05, 4.69) is 10.6 Å². The fourth-order valence-corrected chi connectivity index (χ4v) is 2.55. The molecule has 0 saturated heterocycles. The Bertz CT molecular complexity index is 772. The molecule has 4 N–H and O–H groups in total. The predicted octanol–water partition coefficient (Wildman–Crippen LogP) is 2.55. The van der Waals surface area contributed by atoms with Gasteiger partial charge in [0.15, 0.2) is 0 Å². The summed E-state index contributed by atoms with van der Waals surface area (Å²) in [7, 11) is 0. The van der Waals surface area contributed by atoms with Crippen LogP contribution in [-0.4, -0.2) is 24.4 Å². The van der Waals surface area contributed by atoms with Crippen molar-refractivity contribution >= 4 is 17.5 Å². The first-order valence-corrected chi connectivity index (χ1v) is 8.23. The Morgan fingerprint density at radius 1 is 1.08 bits per heavy atom. The van der Waals surface area contributed by atoms with Gasteiger partial charge < -0.3 is 16.4 Å². The lowest BCUT2D eigenvalue weighted by atomic mass is 10.1. The molecule has 0 aromatic heterocycles. The molecule has 3 rings (SSSR count). The Kier molecular flexibility index (Phi) is 5.09. The van der Waals surface area contributed by atoms with Crippen LogP contribution >= 0.6 is 0 Å². The number of carbonyl (C=O) groups is 2. The van der Waals surface area contributed by atoms with Gasteiger partial charge in [0, 0.05) is 29.4 Å². The Labute approximate surface area is 145 Å². The number of hydrogen-bond donors (Lipinski definition) is 3. The standard InChI is InChI=1S/C19H20FN3O2/c20-15-8-6-13(7-9-15)19(25)23-16-3-1-2-14(10-16)18(24)22-11-17(21)12-4-5-12/h1-3,6-10,12,17H,4-5,11,21H2,(H,22,24)(H,23,25). The number of nitrogens with two attached hydrogens (primary N) is 1. The average molecular weight is 341 g/mol. The number of amides is 2. The van der Waals surface area contributed by atoms with Crippen LogP contribution in [0.4, 0.5) is 10.1 Å². The first-order valence-electron chi connectivity index (χ1n) is 8.23. The maximum absolute atomic E-state index is 12.9. The molecule has 25 heavy (non-hydrogen) atoms. The zero-order valence-electron chi connectivity index (χ0n) is 13.7. The molecule has 6 heteroatoms. The zero-order valence-corrected chi connectivity index (χ0v) is 13.7. The first kappa shape index (κ1) is 17.1. The van der Waals surface area contributed by atoms with Crippen molar-refractivity contribution in [3.05, 3.63) is 65.5 Å². The summed E-state index contributed by atoms with van der Waals surface area (Å²) in [6.45, 7) is 0.440. The zero-order chi connectivity index (χ0) is 17.8. The Morgan fingerprint density at radius 2 is 1.80 bits per heavy atom. The van der Waals surface area contributed by atoms with Crippen LogP contribution in [0.2, 0.25) is 0 Å². The highest BCUT2D eigenvalue weighted by molar-refractivity contribution is 6.05. The van der Waals surface area contributed by atoms with E-state index in [0.717, 1.165) is 12.8 Å². The number of benzene rings is 2. The first-order chi connectivity index (χ1) is 12.0. The van der Waals surface area contributed by atoms with Crippen LogP contribution in [0, 0.1) is 11.7 Å². The molecule has 1 atom stereocenters. The van der Waals surface area contributed by atoms with E-state index < -0.39 is 5.82 Å². The summed E-state index contributed by atoms with van der Waals surface area (Å²) in [5.74, 6) is -0.483. The van der Waals surface area contributed by atoms with Gasteiger partial charge in [-0.2, -0.15) is 0 Å². The molecule has 1 unspecified atom stereocenters. The van der Waals surface area contributed by atoms with Crippen molar-refractivity contribution in [2.45, 2.75) is 18.9 Å². The van der Waals surface area contributed by atoms with Crippen LogP contribution < -0.4 is 16.4 Å². The van der Waals surface area contributed by atoms with E-state index in [1.165, 1.54) is 24.3 Å². The molecule has 0 heterocycles. The van der Waals surface area contributed by atoms with E-state index in [1.54, 1.807) is 24.3 Å². The minimum absolute atomic E-state index is 0.00897. The van der Waals surface area contributed by atoms with Crippen molar-refractivity contribution in [1.82, 2.24) is 5.32 Å². The van der Waals surface area contributed by atoms with Crippen molar-refractivity contribution < 1.29 is 14.0 Å². The summed E-state index contributed by atoms with van der Waals surface area (Å²) in [5, 5.41) is 5.52. The number of halogens is 1. The highest BCUT2D eigenvalue weighted by atomic mass is 19.1. The van der Waals surface area contributed by atoms with Gasteiger partial charge in [-0.25, -0.2) is 4.39 Å². The quantitative estimate of drug-likeness (QED) is 0.755. The van der Waals surface area contributed by atoms with Crippen molar-refractivity contribution in [3.63, 3.8) is 0 Å². The minimum atomic E-state index is -0.403. The summed E-state index contributed by atoms with van der Waals surface area (Å²) in [6.07, 6.45) is 2.25. The largest absolute Gasteiger partial charge is 0.350 e. The van der Waals surface area contributed by atoms with Crippen LogP contribution in [0.5, 0.6) is 0 Å². The van der Waals surface area contributed by atoms with Gasteiger partial charge in [-0.3, -0.25) is 9.59 Å². The Hall–Kier alpha value is -2.73. The molecule has 1 aliphatic carbocycles. The number of nitrogens with one attached hydrogen (secondary N) is 2. The van der Waals surface area contributed by atoms with Gasteiger partial charge in [-0.05, 0) is 61.2 Å². The lowest BCUT2D eigenvalue weighted by Gasteiger charge is -2.12. The van der Waals surface area contributed by atoms with Crippen molar-refractivity contribution in [2.75, 3.05) is 11.9 Å². The average Bonchev–Trinajstić information content (AvgIpc) is 3.45. The van der Waals surface area contributed by atoms with Gasteiger partial charge >= 0.3 is 0 Å². The summed E-state index contributed by atoms with van der Waals surface area (Å²) < 4.78 is 12.9. The van der Waals surface area contributed by atoms with E-state index in [1.807, 2.05) is 0 Å². The molecular weight excluding hydrogens is 321 g/mol. The second-order valence-electron chi connectivity index (χ2n) is 6.25. The van der Waals surface area contributed by atoms with Crippen LogP contribution in [-0.2, 0) is 0 Å². The summed E-state index contributed by atoms with van der Waals surface area (Å²) in [6, 6.07) is 11.9.